The molecule has 15 heavy (non-hydrogen) atoms. The molecule has 0 bridgehead atoms. The summed E-state index contributed by atoms with van der Waals surface area (Å²) in [5.74, 6) is 0.512. The highest BCUT2D eigenvalue weighted by molar-refractivity contribution is 7.19. The van der Waals surface area contributed by atoms with Gasteiger partial charge in [-0.05, 0) is 36.3 Å². The molecule has 0 amide bonds. The van der Waals surface area contributed by atoms with Gasteiger partial charge >= 0.3 is 0 Å². The van der Waals surface area contributed by atoms with Crippen LogP contribution in [-0.2, 0) is 0 Å². The average Bonchev–Trinajstić information content (AvgIpc) is 2.58. The standard InChI is InChI=1S/C13H14OS/c14-13(9-5-3-6-9)12-8-10-4-1-2-7-11(10)15-12/h1-2,4,7-9,13-14H,3,5-6H2. The molecule has 1 aromatic heterocycles. The van der Waals surface area contributed by atoms with Gasteiger partial charge in [0.1, 0.15) is 0 Å². The second-order valence-electron chi connectivity index (χ2n) is 4.32. The predicted octanol–water partition coefficient (Wildman–Crippen LogP) is 3.73. The summed E-state index contributed by atoms with van der Waals surface area (Å²) in [5, 5.41) is 11.4. The van der Waals surface area contributed by atoms with Crippen molar-refractivity contribution in [2.24, 2.45) is 5.92 Å². The fourth-order valence-corrected chi connectivity index (χ4v) is 3.28. The van der Waals surface area contributed by atoms with E-state index in [9.17, 15) is 5.11 Å². The van der Waals surface area contributed by atoms with Crippen molar-refractivity contribution in [3.63, 3.8) is 0 Å². The van der Waals surface area contributed by atoms with Crippen molar-refractivity contribution in [3.05, 3.63) is 35.2 Å². The van der Waals surface area contributed by atoms with Crippen molar-refractivity contribution in [2.45, 2.75) is 25.4 Å². The van der Waals surface area contributed by atoms with Gasteiger partial charge in [0.2, 0.25) is 0 Å². The van der Waals surface area contributed by atoms with Crippen molar-refractivity contribution in [1.29, 1.82) is 0 Å². The van der Waals surface area contributed by atoms with E-state index in [1.165, 1.54) is 29.3 Å². The van der Waals surface area contributed by atoms with Crippen LogP contribution in [0.4, 0.5) is 0 Å². The number of aliphatic hydroxyl groups excluding tert-OH is 1. The molecule has 1 aliphatic carbocycles. The summed E-state index contributed by atoms with van der Waals surface area (Å²) in [7, 11) is 0. The number of fused-ring (bicyclic) bond motifs is 1. The Morgan fingerprint density at radius 3 is 2.73 bits per heavy atom. The quantitative estimate of drug-likeness (QED) is 0.814. The molecule has 0 spiro atoms. The fraction of sp³-hybridized carbons (Fsp3) is 0.385. The third-order valence-electron chi connectivity index (χ3n) is 3.33. The number of thiophene rings is 1. The van der Waals surface area contributed by atoms with E-state index in [1.807, 2.05) is 0 Å². The van der Waals surface area contributed by atoms with Gasteiger partial charge in [0, 0.05) is 9.58 Å². The van der Waals surface area contributed by atoms with Crippen LogP contribution in [0.5, 0.6) is 0 Å². The van der Waals surface area contributed by atoms with Crippen LogP contribution in [0, 0.1) is 5.92 Å². The molecule has 1 aromatic carbocycles. The van der Waals surface area contributed by atoms with Crippen LogP contribution in [0.25, 0.3) is 10.1 Å². The SMILES string of the molecule is OC(c1cc2ccccc2s1)C1CCC1. The van der Waals surface area contributed by atoms with Crippen LogP contribution >= 0.6 is 11.3 Å². The van der Waals surface area contributed by atoms with E-state index in [0.29, 0.717) is 5.92 Å². The van der Waals surface area contributed by atoms with E-state index in [1.54, 1.807) is 11.3 Å². The first kappa shape index (κ1) is 9.37. The van der Waals surface area contributed by atoms with Gasteiger partial charge in [0.05, 0.1) is 6.10 Å². The molecule has 0 aliphatic heterocycles. The number of hydrogen-bond acceptors (Lipinski definition) is 2. The summed E-state index contributed by atoms with van der Waals surface area (Å²) in [6, 6.07) is 10.5. The molecule has 78 valence electrons. The Morgan fingerprint density at radius 1 is 1.27 bits per heavy atom. The maximum Gasteiger partial charge on any atom is 0.0910 e. The Balaban J connectivity index is 1.96. The summed E-state index contributed by atoms with van der Waals surface area (Å²) in [4.78, 5) is 1.14. The first-order valence-electron chi connectivity index (χ1n) is 5.51. The molecule has 0 saturated heterocycles. The topological polar surface area (TPSA) is 20.2 Å². The lowest BCUT2D eigenvalue weighted by atomic mass is 9.80. The molecule has 1 aliphatic rings. The van der Waals surface area contributed by atoms with Gasteiger partial charge in [-0.3, -0.25) is 0 Å². The minimum Gasteiger partial charge on any atom is -0.387 e. The molecule has 1 fully saturated rings. The normalized spacial score (nSPS) is 19.0. The highest BCUT2D eigenvalue weighted by atomic mass is 32.1. The van der Waals surface area contributed by atoms with Gasteiger partial charge in [-0.2, -0.15) is 0 Å². The molecule has 1 heterocycles. The maximum absolute atomic E-state index is 10.2. The first-order valence-corrected chi connectivity index (χ1v) is 6.33. The van der Waals surface area contributed by atoms with E-state index < -0.39 is 0 Å². The van der Waals surface area contributed by atoms with Gasteiger partial charge in [-0.15, -0.1) is 11.3 Å². The van der Waals surface area contributed by atoms with E-state index >= 15 is 0 Å². The zero-order valence-electron chi connectivity index (χ0n) is 8.52. The highest BCUT2D eigenvalue weighted by Gasteiger charge is 2.27. The van der Waals surface area contributed by atoms with Crippen molar-refractivity contribution in [1.82, 2.24) is 0 Å². The zero-order valence-corrected chi connectivity index (χ0v) is 9.33. The molecule has 1 nitrogen and oxygen atoms in total. The fourth-order valence-electron chi connectivity index (χ4n) is 2.14. The van der Waals surface area contributed by atoms with Crippen molar-refractivity contribution in [2.75, 3.05) is 0 Å². The van der Waals surface area contributed by atoms with Crippen molar-refractivity contribution >= 4 is 21.4 Å². The lowest BCUT2D eigenvalue weighted by Gasteiger charge is -2.29. The molecule has 2 aromatic rings. The second kappa shape index (κ2) is 3.62. The lowest BCUT2D eigenvalue weighted by Crippen LogP contribution is -2.19. The second-order valence-corrected chi connectivity index (χ2v) is 5.44. The molecular weight excluding hydrogens is 204 g/mol. The number of aliphatic hydroxyl groups is 1. The van der Waals surface area contributed by atoms with Crippen LogP contribution in [0.15, 0.2) is 30.3 Å². The molecule has 1 atom stereocenters. The Hall–Kier alpha value is -0.860. The summed E-state index contributed by atoms with van der Waals surface area (Å²) in [6.45, 7) is 0. The summed E-state index contributed by atoms with van der Waals surface area (Å²) in [5.41, 5.74) is 0. The lowest BCUT2D eigenvalue weighted by molar-refractivity contribution is 0.0650. The molecule has 1 unspecified atom stereocenters. The maximum atomic E-state index is 10.2. The Morgan fingerprint density at radius 2 is 2.07 bits per heavy atom. The molecule has 2 heteroatoms. The highest BCUT2D eigenvalue weighted by Crippen LogP contribution is 2.41. The van der Waals surface area contributed by atoms with Crippen LogP contribution in [0.1, 0.15) is 30.2 Å². The van der Waals surface area contributed by atoms with E-state index in [-0.39, 0.29) is 6.10 Å². The van der Waals surface area contributed by atoms with Crippen LogP contribution < -0.4 is 0 Å². The Kier molecular flexibility index (Phi) is 2.26. The summed E-state index contributed by atoms with van der Waals surface area (Å²) < 4.78 is 1.28. The van der Waals surface area contributed by atoms with Gasteiger partial charge in [0.15, 0.2) is 0 Å². The minimum atomic E-state index is -0.226. The van der Waals surface area contributed by atoms with E-state index in [2.05, 4.69) is 30.3 Å². The Bertz CT molecular complexity index is 437. The average molecular weight is 218 g/mol. The van der Waals surface area contributed by atoms with Crippen LogP contribution in [-0.4, -0.2) is 5.11 Å². The van der Waals surface area contributed by atoms with Crippen LogP contribution in [0.2, 0.25) is 0 Å². The minimum absolute atomic E-state index is 0.226. The van der Waals surface area contributed by atoms with Crippen LogP contribution in [0.3, 0.4) is 0 Å². The first-order chi connectivity index (χ1) is 7.34. The smallest absolute Gasteiger partial charge is 0.0910 e. The Labute approximate surface area is 93.4 Å². The third kappa shape index (κ3) is 1.58. The van der Waals surface area contributed by atoms with Gasteiger partial charge < -0.3 is 5.11 Å². The molecule has 1 saturated carbocycles. The zero-order chi connectivity index (χ0) is 10.3. The summed E-state index contributed by atoms with van der Waals surface area (Å²) in [6.07, 6.45) is 3.44. The van der Waals surface area contributed by atoms with Gasteiger partial charge in [0.25, 0.3) is 0 Å². The predicted molar refractivity (Wildman–Crippen MR) is 64.1 cm³/mol. The molecule has 0 radical (unpaired) electrons. The van der Waals surface area contributed by atoms with Crippen molar-refractivity contribution in [3.8, 4) is 0 Å². The molecule has 1 N–H and O–H groups in total. The number of hydrogen-bond donors (Lipinski definition) is 1. The van der Waals surface area contributed by atoms with Gasteiger partial charge in [-0.25, -0.2) is 0 Å². The van der Waals surface area contributed by atoms with E-state index in [0.717, 1.165) is 4.88 Å². The molecular formula is C13H14OS. The van der Waals surface area contributed by atoms with Gasteiger partial charge in [-0.1, -0.05) is 24.6 Å². The third-order valence-corrected chi connectivity index (χ3v) is 4.52. The summed E-state index contributed by atoms with van der Waals surface area (Å²) >= 11 is 1.73. The number of benzene rings is 1. The van der Waals surface area contributed by atoms with E-state index in [4.69, 9.17) is 0 Å². The largest absolute Gasteiger partial charge is 0.387 e. The van der Waals surface area contributed by atoms with Crippen molar-refractivity contribution < 1.29 is 5.11 Å². The monoisotopic (exact) mass is 218 g/mol. The molecule has 3 rings (SSSR count). The number of rotatable bonds is 2.